The van der Waals surface area contributed by atoms with E-state index in [1.54, 1.807) is 12.1 Å². The normalized spacial score (nSPS) is 19.6. The second-order valence-electron chi connectivity index (χ2n) is 6.84. The molecule has 0 aromatic heterocycles. The number of benzene rings is 1. The number of nitrogens with zero attached hydrogens (tertiary/aromatic N) is 1. The Kier molecular flexibility index (Phi) is 5.01. The van der Waals surface area contributed by atoms with Crippen molar-refractivity contribution in [1.29, 1.82) is 0 Å². The van der Waals surface area contributed by atoms with Crippen molar-refractivity contribution < 1.29 is 18.8 Å². The Morgan fingerprint density at radius 3 is 2.64 bits per heavy atom. The fourth-order valence-corrected chi connectivity index (χ4v) is 3.72. The second-order valence-corrected chi connectivity index (χ2v) is 6.84. The van der Waals surface area contributed by atoms with Crippen molar-refractivity contribution in [2.24, 2.45) is 0 Å². The standard InChI is InChI=1S/C18H22FN3O3/c19-14-6-4-5-13(9-14)18(7-2-1-3-8-18)12-20-15(23)10-22-11-16(24)21-17(22)25/h4-6,9H,1-3,7-8,10-12H2,(H,20,23)(H,21,24,25). The molecule has 2 fully saturated rings. The molecule has 3 rings (SSSR count). The highest BCUT2D eigenvalue weighted by Gasteiger charge is 2.35. The van der Waals surface area contributed by atoms with Crippen molar-refractivity contribution in [3.63, 3.8) is 0 Å². The highest BCUT2D eigenvalue weighted by molar-refractivity contribution is 6.03. The van der Waals surface area contributed by atoms with E-state index in [0.29, 0.717) is 6.54 Å². The number of rotatable bonds is 5. The molecule has 0 bridgehead atoms. The summed E-state index contributed by atoms with van der Waals surface area (Å²) in [5.41, 5.74) is 0.626. The molecule has 1 aliphatic heterocycles. The predicted octanol–water partition coefficient (Wildman–Crippen LogP) is 1.70. The molecule has 0 atom stereocenters. The van der Waals surface area contributed by atoms with Crippen LogP contribution in [0.15, 0.2) is 24.3 Å². The first-order valence-corrected chi connectivity index (χ1v) is 8.60. The SMILES string of the molecule is O=C(CN1CC(=O)NC1=O)NCC1(c2cccc(F)c2)CCCCC1. The highest BCUT2D eigenvalue weighted by atomic mass is 19.1. The van der Waals surface area contributed by atoms with Crippen molar-refractivity contribution in [2.45, 2.75) is 37.5 Å². The van der Waals surface area contributed by atoms with Crippen LogP contribution in [0.25, 0.3) is 0 Å². The van der Waals surface area contributed by atoms with Gasteiger partial charge in [0.15, 0.2) is 0 Å². The van der Waals surface area contributed by atoms with Gasteiger partial charge in [0.1, 0.15) is 18.9 Å². The first-order valence-electron chi connectivity index (χ1n) is 8.60. The summed E-state index contributed by atoms with van der Waals surface area (Å²) in [6.45, 7) is 0.150. The Bertz CT molecular complexity index is 686. The molecule has 2 aliphatic rings. The Hall–Kier alpha value is -2.44. The van der Waals surface area contributed by atoms with Gasteiger partial charge in [-0.1, -0.05) is 31.4 Å². The summed E-state index contributed by atoms with van der Waals surface area (Å²) >= 11 is 0. The Morgan fingerprint density at radius 2 is 2.00 bits per heavy atom. The van der Waals surface area contributed by atoms with Gasteiger partial charge in [-0.15, -0.1) is 0 Å². The quantitative estimate of drug-likeness (QED) is 0.796. The number of imide groups is 1. The maximum Gasteiger partial charge on any atom is 0.325 e. The monoisotopic (exact) mass is 347 g/mol. The molecule has 6 nitrogen and oxygen atoms in total. The zero-order valence-corrected chi connectivity index (χ0v) is 14.0. The van der Waals surface area contributed by atoms with Gasteiger partial charge >= 0.3 is 6.03 Å². The third-order valence-electron chi connectivity index (χ3n) is 5.07. The molecule has 1 aromatic rings. The summed E-state index contributed by atoms with van der Waals surface area (Å²) in [6.07, 6.45) is 4.99. The summed E-state index contributed by atoms with van der Waals surface area (Å²) in [7, 11) is 0. The molecule has 1 heterocycles. The Balaban J connectivity index is 1.66. The van der Waals surface area contributed by atoms with Crippen LogP contribution in [0, 0.1) is 5.82 Å². The zero-order valence-electron chi connectivity index (χ0n) is 14.0. The van der Waals surface area contributed by atoms with Crippen LogP contribution in [-0.4, -0.2) is 42.4 Å². The van der Waals surface area contributed by atoms with E-state index >= 15 is 0 Å². The minimum absolute atomic E-state index is 0.0959. The molecule has 1 aromatic carbocycles. The van der Waals surface area contributed by atoms with Gasteiger partial charge in [0.25, 0.3) is 0 Å². The molecular weight excluding hydrogens is 325 g/mol. The molecule has 1 saturated heterocycles. The molecule has 2 N–H and O–H groups in total. The number of amides is 4. The van der Waals surface area contributed by atoms with Crippen LogP contribution in [0.1, 0.15) is 37.7 Å². The number of hydrogen-bond donors (Lipinski definition) is 2. The molecular formula is C18H22FN3O3. The number of hydrogen-bond acceptors (Lipinski definition) is 3. The lowest BCUT2D eigenvalue weighted by Crippen LogP contribution is -2.46. The minimum Gasteiger partial charge on any atom is -0.354 e. The Morgan fingerprint density at radius 1 is 1.24 bits per heavy atom. The van der Waals surface area contributed by atoms with Crippen molar-refractivity contribution in [2.75, 3.05) is 19.6 Å². The van der Waals surface area contributed by atoms with Gasteiger partial charge in [0.05, 0.1) is 0 Å². The summed E-state index contributed by atoms with van der Waals surface area (Å²) in [5, 5.41) is 5.02. The lowest BCUT2D eigenvalue weighted by atomic mass is 9.69. The number of carbonyl (C=O) groups is 3. The average Bonchev–Trinajstić information content (AvgIpc) is 2.91. The van der Waals surface area contributed by atoms with Gasteiger partial charge in [-0.05, 0) is 30.5 Å². The fourth-order valence-electron chi connectivity index (χ4n) is 3.72. The van der Waals surface area contributed by atoms with Gasteiger partial charge in [0.2, 0.25) is 11.8 Å². The van der Waals surface area contributed by atoms with Crippen LogP contribution in [0.3, 0.4) is 0 Å². The van der Waals surface area contributed by atoms with Crippen LogP contribution < -0.4 is 10.6 Å². The molecule has 1 aliphatic carbocycles. The largest absolute Gasteiger partial charge is 0.354 e. The number of halogens is 1. The van der Waals surface area contributed by atoms with Gasteiger partial charge in [-0.25, -0.2) is 9.18 Å². The molecule has 0 radical (unpaired) electrons. The number of nitrogens with one attached hydrogen (secondary N) is 2. The highest BCUT2D eigenvalue weighted by Crippen LogP contribution is 2.39. The summed E-state index contributed by atoms with van der Waals surface area (Å²) < 4.78 is 13.7. The lowest BCUT2D eigenvalue weighted by molar-refractivity contribution is -0.122. The van der Waals surface area contributed by atoms with Crippen LogP contribution >= 0.6 is 0 Å². The van der Waals surface area contributed by atoms with Gasteiger partial charge < -0.3 is 10.2 Å². The smallest absolute Gasteiger partial charge is 0.325 e. The topological polar surface area (TPSA) is 78.5 Å². The van der Waals surface area contributed by atoms with E-state index in [0.717, 1.165) is 37.7 Å². The van der Waals surface area contributed by atoms with Crippen LogP contribution in [0.4, 0.5) is 9.18 Å². The number of urea groups is 1. The Labute approximate surface area is 145 Å². The third kappa shape index (κ3) is 3.97. The van der Waals surface area contributed by atoms with Crippen molar-refractivity contribution >= 4 is 17.8 Å². The maximum absolute atomic E-state index is 13.7. The third-order valence-corrected chi connectivity index (χ3v) is 5.07. The maximum atomic E-state index is 13.7. The molecule has 0 unspecified atom stereocenters. The summed E-state index contributed by atoms with van der Waals surface area (Å²) in [4.78, 5) is 36.1. The van der Waals surface area contributed by atoms with E-state index < -0.39 is 11.9 Å². The van der Waals surface area contributed by atoms with E-state index in [-0.39, 0.29) is 30.2 Å². The van der Waals surface area contributed by atoms with Gasteiger partial charge in [0, 0.05) is 12.0 Å². The number of carbonyl (C=O) groups excluding carboxylic acids is 3. The second kappa shape index (κ2) is 7.21. The molecule has 1 saturated carbocycles. The molecule has 25 heavy (non-hydrogen) atoms. The van der Waals surface area contributed by atoms with E-state index in [9.17, 15) is 18.8 Å². The minimum atomic E-state index is -0.544. The molecule has 0 spiro atoms. The van der Waals surface area contributed by atoms with E-state index in [2.05, 4.69) is 10.6 Å². The zero-order chi connectivity index (χ0) is 17.9. The molecule has 7 heteroatoms. The fraction of sp³-hybridized carbons (Fsp3) is 0.500. The van der Waals surface area contributed by atoms with Crippen LogP contribution in [0.5, 0.6) is 0 Å². The van der Waals surface area contributed by atoms with E-state index in [1.165, 1.54) is 11.0 Å². The lowest BCUT2D eigenvalue weighted by Gasteiger charge is -2.38. The van der Waals surface area contributed by atoms with Crippen molar-refractivity contribution in [3.8, 4) is 0 Å². The van der Waals surface area contributed by atoms with E-state index in [4.69, 9.17) is 0 Å². The molecule has 134 valence electrons. The first-order chi connectivity index (χ1) is 12.0. The van der Waals surface area contributed by atoms with Gasteiger partial charge in [-0.2, -0.15) is 0 Å². The van der Waals surface area contributed by atoms with Crippen molar-refractivity contribution in [3.05, 3.63) is 35.6 Å². The average molecular weight is 347 g/mol. The van der Waals surface area contributed by atoms with E-state index in [1.807, 2.05) is 6.07 Å². The van der Waals surface area contributed by atoms with Gasteiger partial charge in [-0.3, -0.25) is 14.9 Å². The molecule has 4 amide bonds. The summed E-state index contributed by atoms with van der Waals surface area (Å²) in [5.74, 6) is -0.992. The summed E-state index contributed by atoms with van der Waals surface area (Å²) in [6, 6.07) is 6.03. The predicted molar refractivity (Wildman–Crippen MR) is 89.3 cm³/mol. The van der Waals surface area contributed by atoms with Crippen LogP contribution in [0.2, 0.25) is 0 Å². The van der Waals surface area contributed by atoms with Crippen molar-refractivity contribution in [1.82, 2.24) is 15.5 Å². The van der Waals surface area contributed by atoms with Crippen LogP contribution in [-0.2, 0) is 15.0 Å². The first kappa shape index (κ1) is 17.4.